The topological polar surface area (TPSA) is 32.3 Å². The number of carbonyl (C=O) groups is 1. The van der Waals surface area contributed by atoms with Crippen LogP contribution in [-0.4, -0.2) is 25.0 Å². The largest absolute Gasteiger partial charge is 0.371 e. The third kappa shape index (κ3) is 3.79. The lowest BCUT2D eigenvalue weighted by atomic mass is 9.95. The van der Waals surface area contributed by atoms with Crippen molar-refractivity contribution in [3.8, 4) is 0 Å². The summed E-state index contributed by atoms with van der Waals surface area (Å²) < 4.78 is 0.987. The highest BCUT2D eigenvalue weighted by Crippen LogP contribution is 2.26. The number of carbonyl (C=O) groups excluding carboxylic acids is 1. The van der Waals surface area contributed by atoms with E-state index in [2.05, 4.69) is 32.2 Å². The average Bonchev–Trinajstić information content (AvgIpc) is 3.02. The number of amides is 1. The van der Waals surface area contributed by atoms with Gasteiger partial charge >= 0.3 is 0 Å². The Kier molecular flexibility index (Phi) is 4.84. The molecule has 0 radical (unpaired) electrons. The Balaban J connectivity index is 1.72. The molecule has 0 bridgehead atoms. The third-order valence-electron chi connectivity index (χ3n) is 4.56. The van der Waals surface area contributed by atoms with Crippen LogP contribution < -0.4 is 10.2 Å². The van der Waals surface area contributed by atoms with Gasteiger partial charge in [-0.05, 0) is 43.9 Å². The van der Waals surface area contributed by atoms with Crippen LogP contribution in [0.5, 0.6) is 0 Å². The molecule has 2 fully saturated rings. The molecular weight excluding hydrogens is 328 g/mol. The number of nitrogens with zero attached hydrogens (tertiary/aromatic N) is 1. The standard InChI is InChI=1S/C17H23BrN2O/c18-14-10-13(11-16(12-14)20-8-4-5-9-20)17(21)19-15-6-2-1-3-7-15/h10-12,15H,1-9H2,(H,19,21). The summed E-state index contributed by atoms with van der Waals surface area (Å²) in [5, 5.41) is 3.20. The molecule has 0 aromatic heterocycles. The first-order valence-corrected chi connectivity index (χ1v) is 8.88. The normalized spacial score (nSPS) is 19.8. The predicted octanol–water partition coefficient (Wildman–Crippen LogP) is 4.11. The Hall–Kier alpha value is -1.03. The molecule has 1 aromatic carbocycles. The lowest BCUT2D eigenvalue weighted by molar-refractivity contribution is 0.0927. The highest BCUT2D eigenvalue weighted by Gasteiger charge is 2.19. The second kappa shape index (κ2) is 6.82. The Morgan fingerprint density at radius 2 is 1.76 bits per heavy atom. The first kappa shape index (κ1) is 14.9. The van der Waals surface area contributed by atoms with Crippen LogP contribution >= 0.6 is 15.9 Å². The quantitative estimate of drug-likeness (QED) is 0.889. The lowest BCUT2D eigenvalue weighted by Gasteiger charge is -2.23. The van der Waals surface area contributed by atoms with Crippen molar-refractivity contribution in [2.24, 2.45) is 0 Å². The molecule has 114 valence electrons. The molecule has 1 aromatic rings. The van der Waals surface area contributed by atoms with Gasteiger partial charge in [-0.2, -0.15) is 0 Å². The smallest absolute Gasteiger partial charge is 0.251 e. The van der Waals surface area contributed by atoms with E-state index < -0.39 is 0 Å². The van der Waals surface area contributed by atoms with Crippen molar-refractivity contribution in [2.75, 3.05) is 18.0 Å². The van der Waals surface area contributed by atoms with E-state index in [9.17, 15) is 4.79 Å². The lowest BCUT2D eigenvalue weighted by Crippen LogP contribution is -2.36. The summed E-state index contributed by atoms with van der Waals surface area (Å²) in [4.78, 5) is 14.8. The molecule has 21 heavy (non-hydrogen) atoms. The molecule has 1 saturated heterocycles. The summed E-state index contributed by atoms with van der Waals surface area (Å²) in [5.41, 5.74) is 1.94. The maximum atomic E-state index is 12.5. The van der Waals surface area contributed by atoms with E-state index >= 15 is 0 Å². The molecule has 2 aliphatic rings. The monoisotopic (exact) mass is 350 g/mol. The van der Waals surface area contributed by atoms with E-state index in [0.29, 0.717) is 6.04 Å². The Labute approximate surface area is 135 Å². The average molecular weight is 351 g/mol. The summed E-state index contributed by atoms with van der Waals surface area (Å²) in [6.07, 6.45) is 8.52. The van der Waals surface area contributed by atoms with Crippen molar-refractivity contribution in [3.05, 3.63) is 28.2 Å². The molecule has 1 aliphatic carbocycles. The summed E-state index contributed by atoms with van der Waals surface area (Å²) in [6, 6.07) is 6.44. The van der Waals surface area contributed by atoms with E-state index in [1.165, 1.54) is 32.1 Å². The fourth-order valence-corrected chi connectivity index (χ4v) is 3.86. The fourth-order valence-electron chi connectivity index (χ4n) is 3.38. The van der Waals surface area contributed by atoms with Crippen molar-refractivity contribution in [3.63, 3.8) is 0 Å². The van der Waals surface area contributed by atoms with Crippen LogP contribution in [0.15, 0.2) is 22.7 Å². The van der Waals surface area contributed by atoms with Crippen molar-refractivity contribution in [2.45, 2.75) is 51.0 Å². The molecule has 1 amide bonds. The van der Waals surface area contributed by atoms with Crippen molar-refractivity contribution < 1.29 is 4.79 Å². The maximum Gasteiger partial charge on any atom is 0.251 e. The second-order valence-corrected chi connectivity index (χ2v) is 7.12. The van der Waals surface area contributed by atoms with Gasteiger partial charge in [0.25, 0.3) is 5.91 Å². The van der Waals surface area contributed by atoms with Crippen LogP contribution in [0.3, 0.4) is 0 Å². The van der Waals surface area contributed by atoms with Gasteiger partial charge in [-0.1, -0.05) is 35.2 Å². The van der Waals surface area contributed by atoms with Gasteiger partial charge in [0.1, 0.15) is 0 Å². The van der Waals surface area contributed by atoms with Gasteiger partial charge in [-0.25, -0.2) is 0 Å². The van der Waals surface area contributed by atoms with Gasteiger partial charge in [0.15, 0.2) is 0 Å². The number of halogens is 1. The number of nitrogens with one attached hydrogen (secondary N) is 1. The number of hydrogen-bond donors (Lipinski definition) is 1. The van der Waals surface area contributed by atoms with Gasteiger partial charge < -0.3 is 10.2 Å². The molecule has 4 heteroatoms. The molecule has 0 spiro atoms. The predicted molar refractivity (Wildman–Crippen MR) is 89.9 cm³/mol. The molecule has 0 unspecified atom stereocenters. The third-order valence-corrected chi connectivity index (χ3v) is 5.01. The molecule has 1 saturated carbocycles. The zero-order valence-corrected chi connectivity index (χ0v) is 14.0. The number of hydrogen-bond acceptors (Lipinski definition) is 2. The summed E-state index contributed by atoms with van der Waals surface area (Å²) >= 11 is 3.55. The molecular formula is C17H23BrN2O. The zero-order chi connectivity index (χ0) is 14.7. The Bertz CT molecular complexity index is 506. The maximum absolute atomic E-state index is 12.5. The van der Waals surface area contributed by atoms with Crippen LogP contribution in [0.4, 0.5) is 5.69 Å². The highest BCUT2D eigenvalue weighted by molar-refractivity contribution is 9.10. The van der Waals surface area contributed by atoms with Gasteiger partial charge in [-0.15, -0.1) is 0 Å². The van der Waals surface area contributed by atoms with E-state index in [1.54, 1.807) is 0 Å². The number of benzene rings is 1. The second-order valence-electron chi connectivity index (χ2n) is 6.20. The van der Waals surface area contributed by atoms with Gasteiger partial charge in [0, 0.05) is 34.9 Å². The minimum atomic E-state index is 0.0728. The minimum absolute atomic E-state index is 0.0728. The van der Waals surface area contributed by atoms with Crippen molar-refractivity contribution >= 4 is 27.5 Å². The van der Waals surface area contributed by atoms with E-state index in [4.69, 9.17) is 0 Å². The van der Waals surface area contributed by atoms with Crippen LogP contribution in [-0.2, 0) is 0 Å². The molecule has 0 atom stereocenters. The van der Waals surface area contributed by atoms with E-state index in [0.717, 1.165) is 41.7 Å². The number of rotatable bonds is 3. The summed E-state index contributed by atoms with van der Waals surface area (Å²) in [7, 11) is 0. The zero-order valence-electron chi connectivity index (χ0n) is 12.4. The van der Waals surface area contributed by atoms with Crippen molar-refractivity contribution in [1.29, 1.82) is 0 Å². The van der Waals surface area contributed by atoms with E-state index in [1.807, 2.05) is 12.1 Å². The summed E-state index contributed by atoms with van der Waals surface area (Å²) in [6.45, 7) is 2.19. The van der Waals surface area contributed by atoms with Crippen LogP contribution in [0.25, 0.3) is 0 Å². The van der Waals surface area contributed by atoms with Crippen LogP contribution in [0.2, 0.25) is 0 Å². The fraction of sp³-hybridized carbons (Fsp3) is 0.588. The SMILES string of the molecule is O=C(NC1CCCCC1)c1cc(Br)cc(N2CCCC2)c1. The molecule has 1 heterocycles. The first-order chi connectivity index (χ1) is 10.2. The Morgan fingerprint density at radius 3 is 2.48 bits per heavy atom. The minimum Gasteiger partial charge on any atom is -0.371 e. The van der Waals surface area contributed by atoms with Crippen molar-refractivity contribution in [1.82, 2.24) is 5.32 Å². The molecule has 1 N–H and O–H groups in total. The highest BCUT2D eigenvalue weighted by atomic mass is 79.9. The molecule has 3 nitrogen and oxygen atoms in total. The first-order valence-electron chi connectivity index (χ1n) is 8.09. The van der Waals surface area contributed by atoms with Gasteiger partial charge in [0.05, 0.1) is 0 Å². The number of anilines is 1. The van der Waals surface area contributed by atoms with Gasteiger partial charge in [-0.3, -0.25) is 4.79 Å². The van der Waals surface area contributed by atoms with Crippen LogP contribution in [0.1, 0.15) is 55.3 Å². The van der Waals surface area contributed by atoms with E-state index in [-0.39, 0.29) is 5.91 Å². The Morgan fingerprint density at radius 1 is 1.05 bits per heavy atom. The van der Waals surface area contributed by atoms with Crippen LogP contribution in [0, 0.1) is 0 Å². The van der Waals surface area contributed by atoms with Gasteiger partial charge in [0.2, 0.25) is 0 Å². The summed E-state index contributed by atoms with van der Waals surface area (Å²) in [5.74, 6) is 0.0728. The molecule has 3 rings (SSSR count). The molecule has 1 aliphatic heterocycles.